The summed E-state index contributed by atoms with van der Waals surface area (Å²) in [5.74, 6) is -31.5. The normalized spacial score (nSPS) is 15.3. The molecule has 27 amide bonds. The summed E-state index contributed by atoms with van der Waals surface area (Å²) >= 11 is 0. The van der Waals surface area contributed by atoms with Gasteiger partial charge < -0.3 is 163 Å². The third-order valence-corrected chi connectivity index (χ3v) is 20.4. The third-order valence-electron chi connectivity index (χ3n) is 20.4. The molecule has 20 atom stereocenters. The van der Waals surface area contributed by atoms with Gasteiger partial charge in [-0.15, -0.1) is 0 Å². The molecule has 0 spiro atoms. The van der Waals surface area contributed by atoms with Crippen molar-refractivity contribution in [2.24, 2.45) is 63.4 Å². The molecule has 0 heterocycles. The van der Waals surface area contributed by atoms with E-state index < -0.39 is 402 Å². The van der Waals surface area contributed by atoms with Gasteiger partial charge in [0.1, 0.15) is 115 Å². The number of carboxylic acids is 1. The van der Waals surface area contributed by atoms with Crippen molar-refractivity contribution in [2.45, 2.75) is 326 Å². The van der Waals surface area contributed by atoms with E-state index >= 15 is 0 Å². The Morgan fingerprint density at radius 3 is 0.550 bits per heavy atom. The topological polar surface area (TPSA) is 981 Å². The molecule has 0 radical (unpaired) electrons. The minimum atomic E-state index is -2.02. The van der Waals surface area contributed by atoms with Gasteiger partial charge in [0.05, 0.1) is 12.6 Å². The molecule has 0 unspecified atom stereocenters. The van der Waals surface area contributed by atoms with Crippen LogP contribution < -0.4 is 153 Å². The predicted octanol–water partition coefficient (Wildman–Crippen LogP) is -15.0. The second kappa shape index (κ2) is 62.7. The lowest BCUT2D eigenvalue weighted by Gasteiger charge is -2.28. The van der Waals surface area contributed by atoms with Crippen LogP contribution in [0.5, 0.6) is 0 Å². The molecule has 786 valence electrons. The Kier molecular flexibility index (Phi) is 56.1. The molecule has 0 aliphatic carbocycles. The molecule has 0 aliphatic rings. The Hall–Kier alpha value is -14.9. The second-order valence-electron chi connectivity index (χ2n) is 34.1. The standard InChI is InChI=1S/C82H138N28O30/c1-33(2)30-52(109-70(127)41(11)98-67(124)39(9)96-65(122)37(7)94-64(121)36(6)95-66(123)38(8)97-68(125)40(10)99-81(138)63(91)43(13)111)71(128)92-32-62(120)93-35(5)69(126)110-53(31-34(3)4)80(137)108-51(21-29-61(90)119)79(136)107-50(20-28-60(89)118)78(135)106-49(19-27-59(88)117)77(134)105-48(18-26-58(87)116)76(133)104-47(17-25-57(86)115)75(132)103-46(16-24-56(85)114)74(131)102-45(15-23-55(84)113)73(130)101-44(14-22-54(83)112)72(129)100-42(12)82(139)140/h33-53,63,111H,14-32,91H2,1-13H3,(H2,83,112)(H2,84,113)(H2,85,114)(H2,86,115)(H2,87,116)(H2,88,117)(H2,89,118)(H2,90,119)(H,92,128)(H,93,120)(H,94,121)(H,95,123)(H,96,122)(H,97,125)(H,98,124)(H,99,138)(H,100,129)(H,101,130)(H,102,131)(H,103,132)(H,104,133)(H,105,134)(H,106,135)(H,107,136)(H,108,137)(H,109,127)(H,110,126)(H,139,140)/t35-,36-,37-,38-,39-,40-,41-,42-,43+,44-,45-,46-,47-,48-,49-,50-,51-,52-,53-,63-/m0/s1. The number of rotatable bonds is 68. The summed E-state index contributed by atoms with van der Waals surface area (Å²) in [6.45, 7) is 16.9. The van der Waals surface area contributed by atoms with Crippen molar-refractivity contribution in [2.75, 3.05) is 6.54 Å². The maximum atomic E-state index is 14.5. The molecule has 58 nitrogen and oxygen atoms in total. The molecule has 0 aromatic heterocycles. The molecular formula is C82H138N28O30. The van der Waals surface area contributed by atoms with E-state index in [4.69, 9.17) is 51.6 Å². The number of aliphatic hydroxyl groups is 1. The number of carboxylic acid groups (broad SMARTS) is 1. The fourth-order valence-electron chi connectivity index (χ4n) is 12.3. The Labute approximate surface area is 804 Å². The third kappa shape index (κ3) is 50.8. The van der Waals surface area contributed by atoms with E-state index in [1.54, 1.807) is 27.7 Å². The highest BCUT2D eigenvalue weighted by atomic mass is 16.4. The summed E-state index contributed by atoms with van der Waals surface area (Å²) in [4.78, 5) is 368. The van der Waals surface area contributed by atoms with Crippen LogP contribution in [-0.4, -0.2) is 303 Å². The predicted molar refractivity (Wildman–Crippen MR) is 487 cm³/mol. The maximum Gasteiger partial charge on any atom is 0.325 e. The molecule has 39 N–H and O–H groups in total. The summed E-state index contributed by atoms with van der Waals surface area (Å²) in [5.41, 5.74) is 48.7. The van der Waals surface area contributed by atoms with Gasteiger partial charge >= 0.3 is 5.97 Å². The highest BCUT2D eigenvalue weighted by Crippen LogP contribution is 2.15. The maximum absolute atomic E-state index is 14.5. The van der Waals surface area contributed by atoms with Crippen molar-refractivity contribution in [3.63, 3.8) is 0 Å². The zero-order chi connectivity index (χ0) is 108. The highest BCUT2D eigenvalue weighted by Gasteiger charge is 2.40. The summed E-state index contributed by atoms with van der Waals surface area (Å²) in [6, 6.07) is -30.5. The Bertz CT molecular complexity index is 4480. The number of nitrogens with two attached hydrogens (primary N) is 9. The minimum absolute atomic E-state index is 0.0355. The van der Waals surface area contributed by atoms with Crippen LogP contribution in [0.25, 0.3) is 0 Å². The Morgan fingerprint density at radius 2 is 0.364 bits per heavy atom. The number of primary amides is 8. The molecule has 0 aromatic rings. The van der Waals surface area contributed by atoms with E-state index in [-0.39, 0.29) is 18.8 Å². The van der Waals surface area contributed by atoms with Crippen molar-refractivity contribution in [3.05, 3.63) is 0 Å². The van der Waals surface area contributed by atoms with E-state index in [2.05, 4.69) is 101 Å². The van der Waals surface area contributed by atoms with Crippen LogP contribution in [0.1, 0.15) is 206 Å². The average Bonchev–Trinajstić information content (AvgIpc) is 0.856. The average molecular weight is 2000 g/mol. The van der Waals surface area contributed by atoms with Crippen molar-refractivity contribution in [1.82, 2.24) is 101 Å². The van der Waals surface area contributed by atoms with Crippen LogP contribution in [-0.2, 0) is 134 Å². The Balaban J connectivity index is 6.85. The van der Waals surface area contributed by atoms with Gasteiger partial charge in [-0.3, -0.25) is 134 Å². The molecule has 0 saturated heterocycles. The van der Waals surface area contributed by atoms with E-state index in [1.165, 1.54) is 55.4 Å². The van der Waals surface area contributed by atoms with Crippen LogP contribution in [0.4, 0.5) is 0 Å². The smallest absolute Gasteiger partial charge is 0.325 e. The molecule has 0 aromatic carbocycles. The zero-order valence-corrected chi connectivity index (χ0v) is 80.2. The summed E-state index contributed by atoms with van der Waals surface area (Å²) in [6.07, 6.45) is -12.5. The number of hydrogen-bond acceptors (Lipinski definition) is 30. The molecule has 0 saturated carbocycles. The first kappa shape index (κ1) is 125. The van der Waals surface area contributed by atoms with Crippen LogP contribution in [0.15, 0.2) is 0 Å². The van der Waals surface area contributed by atoms with Gasteiger partial charge in [-0.05, 0) is 138 Å². The number of hydrogen-bond donors (Lipinski definition) is 30. The van der Waals surface area contributed by atoms with Gasteiger partial charge in [-0.2, -0.15) is 0 Å². The van der Waals surface area contributed by atoms with E-state index in [9.17, 15) is 144 Å². The molecule has 0 fully saturated rings. The number of amides is 27. The number of carbonyl (C=O) groups is 28. The Morgan fingerprint density at radius 1 is 0.207 bits per heavy atom. The van der Waals surface area contributed by atoms with Crippen LogP contribution in [0.2, 0.25) is 0 Å². The first-order valence-corrected chi connectivity index (χ1v) is 44.5. The van der Waals surface area contributed by atoms with Crippen LogP contribution >= 0.6 is 0 Å². The van der Waals surface area contributed by atoms with Gasteiger partial charge in [-0.1, -0.05) is 27.7 Å². The van der Waals surface area contributed by atoms with Gasteiger partial charge in [0, 0.05) is 51.4 Å². The monoisotopic (exact) mass is 2000 g/mol. The van der Waals surface area contributed by atoms with Crippen molar-refractivity contribution < 1.29 is 144 Å². The van der Waals surface area contributed by atoms with Crippen LogP contribution in [0.3, 0.4) is 0 Å². The molecular weight excluding hydrogens is 1860 g/mol. The number of nitrogens with one attached hydrogen (secondary N) is 19. The molecule has 140 heavy (non-hydrogen) atoms. The first-order valence-electron chi connectivity index (χ1n) is 44.5. The summed E-state index contributed by atoms with van der Waals surface area (Å²) in [5, 5.41) is 62.8. The lowest BCUT2D eigenvalue weighted by molar-refractivity contribution is -0.142. The SMILES string of the molecule is CC(C)C[C@H](NC(=O)[C@H](C)NC(=O)[C@H](C)NC(=O)[C@H](C)NC(=O)[C@H](C)NC(=O)[C@H](C)NC(=O)[C@H](C)NC(=O)[C@@H](N)[C@@H](C)O)C(=O)NCC(=O)N[C@@H](C)C(=O)N[C@@H](CC(C)C)C(=O)N[C@@H](CCC(N)=O)C(=O)N[C@@H](CCC(N)=O)C(=O)N[C@@H](CCC(N)=O)C(=O)N[C@@H](CCC(N)=O)C(=O)N[C@@H](CCC(N)=O)C(=O)N[C@@H](CCC(N)=O)C(=O)N[C@@H](CCC(N)=O)C(=O)N[C@@H](CCC(N)=O)C(=O)N[C@@H](C)C(=O)O. The number of aliphatic carboxylic acids is 1. The lowest BCUT2D eigenvalue weighted by atomic mass is 10.0. The van der Waals surface area contributed by atoms with Crippen molar-refractivity contribution in [1.29, 1.82) is 0 Å². The fourth-order valence-corrected chi connectivity index (χ4v) is 12.3. The van der Waals surface area contributed by atoms with Gasteiger partial charge in [0.15, 0.2) is 0 Å². The van der Waals surface area contributed by atoms with Crippen LogP contribution in [0, 0.1) is 11.8 Å². The first-order chi connectivity index (χ1) is 64.9. The summed E-state index contributed by atoms with van der Waals surface area (Å²) in [7, 11) is 0. The fraction of sp³-hybridized carbons (Fsp3) is 0.659. The van der Waals surface area contributed by atoms with Gasteiger partial charge in [-0.25, -0.2) is 0 Å². The van der Waals surface area contributed by atoms with E-state index in [1.807, 2.05) is 0 Å². The number of aliphatic hydroxyl groups excluding tert-OH is 1. The molecule has 0 aliphatic heterocycles. The second-order valence-corrected chi connectivity index (χ2v) is 34.1. The molecule has 58 heteroatoms. The highest BCUT2D eigenvalue weighted by molar-refractivity contribution is 6.03. The lowest BCUT2D eigenvalue weighted by Crippen LogP contribution is -2.61. The zero-order valence-electron chi connectivity index (χ0n) is 80.2. The van der Waals surface area contributed by atoms with Gasteiger partial charge in [0.25, 0.3) is 0 Å². The quantitative estimate of drug-likeness (QED) is 0.0269. The van der Waals surface area contributed by atoms with Gasteiger partial charge in [0.2, 0.25) is 159 Å². The van der Waals surface area contributed by atoms with E-state index in [0.29, 0.717) is 0 Å². The number of carbonyl (C=O) groups excluding carboxylic acids is 27. The van der Waals surface area contributed by atoms with Crippen molar-refractivity contribution in [3.8, 4) is 0 Å². The van der Waals surface area contributed by atoms with E-state index in [0.717, 1.165) is 6.92 Å². The molecule has 0 rings (SSSR count). The summed E-state index contributed by atoms with van der Waals surface area (Å²) < 4.78 is 0. The van der Waals surface area contributed by atoms with Crippen molar-refractivity contribution >= 4 is 165 Å². The largest absolute Gasteiger partial charge is 0.480 e. The molecule has 0 bridgehead atoms. The minimum Gasteiger partial charge on any atom is -0.480 e.